The minimum Gasteiger partial charge on any atom is -0.306 e. The van der Waals surface area contributed by atoms with Crippen LogP contribution in [0.25, 0.3) is 5.57 Å². The van der Waals surface area contributed by atoms with E-state index >= 15 is 0 Å². The number of halogens is 1. The first kappa shape index (κ1) is 17.2. The van der Waals surface area contributed by atoms with E-state index in [2.05, 4.69) is 48.3 Å². The van der Waals surface area contributed by atoms with E-state index in [0.29, 0.717) is 0 Å². The Labute approximate surface area is 153 Å². The van der Waals surface area contributed by atoms with E-state index in [9.17, 15) is 5.26 Å². The summed E-state index contributed by atoms with van der Waals surface area (Å²) in [7, 11) is 2.20. The molecule has 2 nitrogen and oxygen atoms in total. The molecule has 1 fully saturated rings. The molecule has 1 aliphatic heterocycles. The maximum atomic E-state index is 9.32. The van der Waals surface area contributed by atoms with Crippen molar-refractivity contribution >= 4 is 29.3 Å². The Morgan fingerprint density at radius 1 is 1.04 bits per heavy atom. The highest BCUT2D eigenvalue weighted by Crippen LogP contribution is 2.41. The fraction of sp³-hybridized carbons (Fsp3) is 0.350. The van der Waals surface area contributed by atoms with Crippen LogP contribution in [0.15, 0.2) is 35.9 Å². The molecule has 0 radical (unpaired) electrons. The van der Waals surface area contributed by atoms with Crippen molar-refractivity contribution < 1.29 is 0 Å². The van der Waals surface area contributed by atoms with E-state index in [1.807, 2.05) is 0 Å². The number of rotatable bonds is 0. The number of thiophene rings is 1. The molecule has 24 heavy (non-hydrogen) atoms. The Hall–Kier alpha value is -1.60. The van der Waals surface area contributed by atoms with Crippen molar-refractivity contribution in [2.75, 3.05) is 20.1 Å². The number of nitriles is 1. The van der Waals surface area contributed by atoms with Gasteiger partial charge in [0.15, 0.2) is 0 Å². The van der Waals surface area contributed by atoms with Gasteiger partial charge < -0.3 is 4.90 Å². The minimum atomic E-state index is 0. The molecule has 1 aliphatic carbocycles. The van der Waals surface area contributed by atoms with Crippen molar-refractivity contribution in [3.63, 3.8) is 0 Å². The second-order valence-electron chi connectivity index (χ2n) is 6.50. The van der Waals surface area contributed by atoms with E-state index < -0.39 is 0 Å². The fourth-order valence-electron chi connectivity index (χ4n) is 3.78. The Bertz CT molecular complexity index is 818. The highest BCUT2D eigenvalue weighted by Gasteiger charge is 2.24. The van der Waals surface area contributed by atoms with Crippen molar-refractivity contribution in [3.05, 3.63) is 62.3 Å². The molecule has 2 aromatic rings. The van der Waals surface area contributed by atoms with E-state index in [0.717, 1.165) is 43.6 Å². The molecule has 1 saturated heterocycles. The van der Waals surface area contributed by atoms with Crippen LogP contribution >= 0.6 is 23.7 Å². The molecule has 4 heteroatoms. The number of hydrogen-bond acceptors (Lipinski definition) is 3. The Morgan fingerprint density at radius 2 is 1.79 bits per heavy atom. The molecular weight excluding hydrogens is 336 g/mol. The zero-order valence-corrected chi connectivity index (χ0v) is 15.5. The van der Waals surface area contributed by atoms with Gasteiger partial charge in [-0.2, -0.15) is 5.26 Å². The number of likely N-dealkylation sites (tertiary alicyclic amines) is 1. The zero-order valence-electron chi connectivity index (χ0n) is 13.8. The van der Waals surface area contributed by atoms with Gasteiger partial charge in [0.2, 0.25) is 0 Å². The number of fused-ring (bicyclic) bond motifs is 2. The lowest BCUT2D eigenvalue weighted by Gasteiger charge is -2.27. The van der Waals surface area contributed by atoms with Crippen LogP contribution in [0, 0.1) is 11.3 Å². The number of nitrogens with zero attached hydrogens (tertiary/aromatic N) is 2. The molecule has 124 valence electrons. The van der Waals surface area contributed by atoms with Gasteiger partial charge in [-0.15, -0.1) is 23.7 Å². The van der Waals surface area contributed by atoms with Crippen molar-refractivity contribution in [1.29, 1.82) is 5.26 Å². The lowest BCUT2D eigenvalue weighted by atomic mass is 9.87. The van der Waals surface area contributed by atoms with Crippen molar-refractivity contribution in [3.8, 4) is 6.07 Å². The normalized spacial score (nSPS) is 17.3. The molecule has 0 amide bonds. The van der Waals surface area contributed by atoms with Gasteiger partial charge in [0, 0.05) is 18.0 Å². The number of benzene rings is 1. The summed E-state index contributed by atoms with van der Waals surface area (Å²) in [5.41, 5.74) is 7.18. The van der Waals surface area contributed by atoms with Crippen LogP contribution in [-0.2, 0) is 12.8 Å². The number of piperidine rings is 1. The summed E-state index contributed by atoms with van der Waals surface area (Å²) in [4.78, 5) is 4.64. The van der Waals surface area contributed by atoms with E-state index in [-0.39, 0.29) is 12.4 Å². The van der Waals surface area contributed by atoms with Gasteiger partial charge in [0.1, 0.15) is 10.9 Å². The summed E-state index contributed by atoms with van der Waals surface area (Å²) in [5.74, 6) is 0. The van der Waals surface area contributed by atoms with Crippen LogP contribution in [0.1, 0.15) is 39.3 Å². The molecule has 0 bridgehead atoms. The minimum absolute atomic E-state index is 0. The molecule has 4 rings (SSSR count). The molecule has 0 unspecified atom stereocenters. The summed E-state index contributed by atoms with van der Waals surface area (Å²) in [6.07, 6.45) is 4.40. The zero-order chi connectivity index (χ0) is 15.8. The molecular formula is C20H21ClN2S. The molecule has 2 aliphatic rings. The quantitative estimate of drug-likeness (QED) is 0.686. The van der Waals surface area contributed by atoms with E-state index in [1.165, 1.54) is 27.1 Å². The average molecular weight is 357 g/mol. The third-order valence-corrected chi connectivity index (χ3v) is 6.14. The largest absolute Gasteiger partial charge is 0.306 e. The predicted molar refractivity (Wildman–Crippen MR) is 103 cm³/mol. The van der Waals surface area contributed by atoms with E-state index in [4.69, 9.17) is 0 Å². The molecule has 0 atom stereocenters. The lowest BCUT2D eigenvalue weighted by molar-refractivity contribution is 0.313. The van der Waals surface area contributed by atoms with Crippen molar-refractivity contribution in [1.82, 2.24) is 4.90 Å². The van der Waals surface area contributed by atoms with Gasteiger partial charge in [0.25, 0.3) is 0 Å². The fourth-order valence-corrected chi connectivity index (χ4v) is 4.74. The van der Waals surface area contributed by atoms with Crippen LogP contribution < -0.4 is 0 Å². The second kappa shape index (κ2) is 7.11. The van der Waals surface area contributed by atoms with Crippen molar-refractivity contribution in [2.24, 2.45) is 0 Å². The van der Waals surface area contributed by atoms with Gasteiger partial charge in [-0.3, -0.25) is 0 Å². The SMILES string of the molecule is CN1CCC(=C2c3ccccc3CCc3sc(C#N)cc32)CC1.Cl. The maximum absolute atomic E-state index is 9.32. The summed E-state index contributed by atoms with van der Waals surface area (Å²) < 4.78 is 0. The molecule has 1 aromatic heterocycles. The first-order valence-corrected chi connectivity index (χ1v) is 9.10. The molecule has 0 N–H and O–H groups in total. The first-order valence-electron chi connectivity index (χ1n) is 8.28. The van der Waals surface area contributed by atoms with Crippen LogP contribution in [0.3, 0.4) is 0 Å². The summed E-state index contributed by atoms with van der Waals surface area (Å²) in [5, 5.41) is 9.32. The predicted octanol–water partition coefficient (Wildman–Crippen LogP) is 4.67. The Kier molecular flexibility index (Phi) is 5.10. The van der Waals surface area contributed by atoms with Gasteiger partial charge in [-0.05, 0) is 61.1 Å². The van der Waals surface area contributed by atoms with Gasteiger partial charge >= 0.3 is 0 Å². The Morgan fingerprint density at radius 3 is 2.54 bits per heavy atom. The lowest BCUT2D eigenvalue weighted by Crippen LogP contribution is -2.27. The molecule has 0 spiro atoms. The van der Waals surface area contributed by atoms with Crippen LogP contribution in [-0.4, -0.2) is 25.0 Å². The first-order chi connectivity index (χ1) is 11.3. The van der Waals surface area contributed by atoms with Crippen LogP contribution in [0.4, 0.5) is 0 Å². The number of hydrogen-bond donors (Lipinski definition) is 0. The van der Waals surface area contributed by atoms with Crippen LogP contribution in [0.5, 0.6) is 0 Å². The standard InChI is InChI=1S/C20H20N2S.ClH/c1-22-10-8-15(9-11-22)20-17-5-3-2-4-14(17)6-7-19-18(20)12-16(13-21)23-19;/h2-5,12H,6-11H2,1H3;1H. The maximum Gasteiger partial charge on any atom is 0.110 e. The molecule has 0 saturated carbocycles. The summed E-state index contributed by atoms with van der Waals surface area (Å²) >= 11 is 1.68. The van der Waals surface area contributed by atoms with Crippen molar-refractivity contribution in [2.45, 2.75) is 25.7 Å². The molecule has 2 heterocycles. The van der Waals surface area contributed by atoms with Gasteiger partial charge in [-0.1, -0.05) is 29.8 Å². The highest BCUT2D eigenvalue weighted by atomic mass is 35.5. The van der Waals surface area contributed by atoms with Gasteiger partial charge in [0.05, 0.1) is 0 Å². The summed E-state index contributed by atoms with van der Waals surface area (Å²) in [6.45, 7) is 2.26. The second-order valence-corrected chi connectivity index (χ2v) is 7.64. The third kappa shape index (κ3) is 3.02. The van der Waals surface area contributed by atoms with Gasteiger partial charge in [-0.25, -0.2) is 0 Å². The monoisotopic (exact) mass is 356 g/mol. The molecule has 1 aromatic carbocycles. The van der Waals surface area contributed by atoms with E-state index in [1.54, 1.807) is 16.9 Å². The topological polar surface area (TPSA) is 27.0 Å². The highest BCUT2D eigenvalue weighted by molar-refractivity contribution is 7.12. The average Bonchev–Trinajstić information content (AvgIpc) is 2.92. The Balaban J connectivity index is 0.00000169. The third-order valence-electron chi connectivity index (χ3n) is 5.04. The smallest absolute Gasteiger partial charge is 0.110 e. The van der Waals surface area contributed by atoms with Crippen LogP contribution in [0.2, 0.25) is 0 Å². The summed E-state index contributed by atoms with van der Waals surface area (Å²) in [6, 6.07) is 13.3. The number of aryl methyl sites for hydroxylation is 2.